The van der Waals surface area contributed by atoms with Crippen molar-refractivity contribution in [2.24, 2.45) is 0 Å². The molecule has 1 saturated carbocycles. The zero-order valence-electron chi connectivity index (χ0n) is 11.6. The summed E-state index contributed by atoms with van der Waals surface area (Å²) in [6, 6.07) is 10.6. The molecule has 1 aromatic rings. The van der Waals surface area contributed by atoms with Gasteiger partial charge in [-0.2, -0.15) is 0 Å². The van der Waals surface area contributed by atoms with Gasteiger partial charge in [0.05, 0.1) is 0 Å². The van der Waals surface area contributed by atoms with E-state index in [1.165, 1.54) is 51.7 Å². The van der Waals surface area contributed by atoms with Crippen molar-refractivity contribution in [3.63, 3.8) is 0 Å². The van der Waals surface area contributed by atoms with Crippen LogP contribution in [-0.2, 0) is 6.42 Å². The summed E-state index contributed by atoms with van der Waals surface area (Å²) in [7, 11) is 0. The van der Waals surface area contributed by atoms with Gasteiger partial charge in [-0.3, -0.25) is 0 Å². The number of hydrogen-bond donors (Lipinski definition) is 1. The fraction of sp³-hybridized carbons (Fsp3) is 0.647. The summed E-state index contributed by atoms with van der Waals surface area (Å²) in [5.74, 6) is 0.802. The van der Waals surface area contributed by atoms with Crippen molar-refractivity contribution >= 4 is 0 Å². The molecule has 0 amide bonds. The van der Waals surface area contributed by atoms with Crippen LogP contribution in [0.25, 0.3) is 0 Å². The number of likely N-dealkylation sites (tertiary alicyclic amines) is 1. The predicted molar refractivity (Wildman–Crippen MR) is 78.5 cm³/mol. The summed E-state index contributed by atoms with van der Waals surface area (Å²) in [6.07, 6.45) is 6.87. The fourth-order valence-electron chi connectivity index (χ4n) is 3.78. The van der Waals surface area contributed by atoms with Crippen molar-refractivity contribution in [1.29, 1.82) is 0 Å². The van der Waals surface area contributed by atoms with Crippen LogP contribution in [0.3, 0.4) is 0 Å². The van der Waals surface area contributed by atoms with Crippen molar-refractivity contribution in [2.75, 3.05) is 19.6 Å². The maximum Gasteiger partial charge on any atom is 0.0198 e. The standard InChI is InChI=1S/C17H24N2/c1-2-6-17-13(4-1)10-14(17)11-19-9-3-5-16(12-19)18-15-7-8-15/h1-2,4,6,14-16,18H,3,5,7-12H2. The van der Waals surface area contributed by atoms with E-state index in [1.807, 2.05) is 0 Å². The van der Waals surface area contributed by atoms with Crippen LogP contribution < -0.4 is 5.32 Å². The molecule has 2 nitrogen and oxygen atoms in total. The lowest BCUT2D eigenvalue weighted by molar-refractivity contribution is 0.175. The second-order valence-corrected chi connectivity index (χ2v) is 6.64. The number of piperidine rings is 1. The monoisotopic (exact) mass is 256 g/mol. The van der Waals surface area contributed by atoms with Gasteiger partial charge in [0.2, 0.25) is 0 Å². The highest BCUT2D eigenvalue weighted by Gasteiger charge is 2.31. The zero-order valence-corrected chi connectivity index (χ0v) is 11.6. The summed E-state index contributed by atoms with van der Waals surface area (Å²) in [5.41, 5.74) is 3.19. The fourth-order valence-corrected chi connectivity index (χ4v) is 3.78. The normalized spacial score (nSPS) is 30.7. The molecule has 2 unspecified atom stereocenters. The third-order valence-electron chi connectivity index (χ3n) is 4.99. The van der Waals surface area contributed by atoms with Crippen LogP contribution in [0, 0.1) is 0 Å². The molecule has 2 heteroatoms. The van der Waals surface area contributed by atoms with Gasteiger partial charge in [-0.1, -0.05) is 24.3 Å². The van der Waals surface area contributed by atoms with Gasteiger partial charge in [-0.15, -0.1) is 0 Å². The van der Waals surface area contributed by atoms with Crippen molar-refractivity contribution < 1.29 is 0 Å². The lowest BCUT2D eigenvalue weighted by Gasteiger charge is -2.39. The first kappa shape index (κ1) is 11.9. The van der Waals surface area contributed by atoms with Crippen LogP contribution in [0.15, 0.2) is 24.3 Å². The highest BCUT2D eigenvalue weighted by atomic mass is 15.2. The van der Waals surface area contributed by atoms with Gasteiger partial charge < -0.3 is 10.2 Å². The van der Waals surface area contributed by atoms with Crippen molar-refractivity contribution in [3.05, 3.63) is 35.4 Å². The average Bonchev–Trinajstić information content (AvgIpc) is 3.20. The van der Waals surface area contributed by atoms with E-state index in [0.29, 0.717) is 0 Å². The van der Waals surface area contributed by atoms with Crippen molar-refractivity contribution in [3.8, 4) is 0 Å². The molecular weight excluding hydrogens is 232 g/mol. The molecule has 1 aliphatic heterocycles. The van der Waals surface area contributed by atoms with Crippen molar-refractivity contribution in [1.82, 2.24) is 10.2 Å². The number of nitrogens with one attached hydrogen (secondary N) is 1. The van der Waals surface area contributed by atoms with Crippen molar-refractivity contribution in [2.45, 2.75) is 50.1 Å². The summed E-state index contributed by atoms with van der Waals surface area (Å²) in [6.45, 7) is 3.86. The summed E-state index contributed by atoms with van der Waals surface area (Å²) in [4.78, 5) is 2.70. The number of benzene rings is 1. The first-order valence-electron chi connectivity index (χ1n) is 7.95. The van der Waals surface area contributed by atoms with Crippen LogP contribution in [-0.4, -0.2) is 36.6 Å². The van der Waals surface area contributed by atoms with Crippen LogP contribution in [0.1, 0.15) is 42.7 Å². The van der Waals surface area contributed by atoms with E-state index in [4.69, 9.17) is 0 Å². The smallest absolute Gasteiger partial charge is 0.0198 e. The minimum absolute atomic E-state index is 0.761. The Labute approximate surface area is 116 Å². The van der Waals surface area contributed by atoms with E-state index in [1.54, 1.807) is 11.1 Å². The maximum absolute atomic E-state index is 3.81. The third-order valence-corrected chi connectivity index (χ3v) is 4.99. The summed E-state index contributed by atoms with van der Waals surface area (Å²) >= 11 is 0. The zero-order chi connectivity index (χ0) is 12.7. The average molecular weight is 256 g/mol. The molecule has 1 N–H and O–H groups in total. The lowest BCUT2D eigenvalue weighted by Crippen LogP contribution is -2.48. The molecule has 0 aromatic heterocycles. The molecule has 102 valence electrons. The van der Waals surface area contributed by atoms with E-state index < -0.39 is 0 Å². The summed E-state index contributed by atoms with van der Waals surface area (Å²) in [5, 5.41) is 3.81. The molecule has 0 bridgehead atoms. The Bertz CT molecular complexity index is 452. The third kappa shape index (κ3) is 2.56. The topological polar surface area (TPSA) is 15.3 Å². The Hall–Kier alpha value is -0.860. The summed E-state index contributed by atoms with van der Waals surface area (Å²) < 4.78 is 0. The lowest BCUT2D eigenvalue weighted by atomic mass is 9.77. The minimum atomic E-state index is 0.761. The molecule has 2 aliphatic carbocycles. The number of fused-ring (bicyclic) bond motifs is 1. The molecule has 0 radical (unpaired) electrons. The Kier molecular flexibility index (Phi) is 3.08. The Morgan fingerprint density at radius 2 is 2.00 bits per heavy atom. The van der Waals surface area contributed by atoms with Gasteiger partial charge in [0, 0.05) is 31.1 Å². The van der Waals surface area contributed by atoms with E-state index >= 15 is 0 Å². The maximum atomic E-state index is 3.81. The van der Waals surface area contributed by atoms with Gasteiger partial charge in [0.15, 0.2) is 0 Å². The van der Waals surface area contributed by atoms with E-state index in [9.17, 15) is 0 Å². The first-order valence-corrected chi connectivity index (χ1v) is 7.95. The highest BCUT2D eigenvalue weighted by molar-refractivity contribution is 5.40. The van der Waals surface area contributed by atoms with Gasteiger partial charge >= 0.3 is 0 Å². The van der Waals surface area contributed by atoms with Crippen LogP contribution in [0.2, 0.25) is 0 Å². The second kappa shape index (κ2) is 4.92. The molecule has 3 aliphatic rings. The van der Waals surface area contributed by atoms with Gasteiger partial charge in [0.25, 0.3) is 0 Å². The number of nitrogens with zero attached hydrogens (tertiary/aromatic N) is 1. The molecule has 1 aromatic carbocycles. The molecule has 4 rings (SSSR count). The van der Waals surface area contributed by atoms with Gasteiger partial charge in [0.1, 0.15) is 0 Å². The van der Waals surface area contributed by atoms with E-state index in [-0.39, 0.29) is 0 Å². The van der Waals surface area contributed by atoms with Gasteiger partial charge in [-0.05, 0) is 49.8 Å². The molecule has 19 heavy (non-hydrogen) atoms. The Morgan fingerprint density at radius 3 is 2.84 bits per heavy atom. The molecule has 1 saturated heterocycles. The first-order chi connectivity index (χ1) is 9.38. The molecular formula is C17H24N2. The minimum Gasteiger partial charge on any atom is -0.310 e. The molecule has 0 spiro atoms. The SMILES string of the molecule is c1ccc2c(c1)CC2CN1CCCC(NC2CC2)C1. The van der Waals surface area contributed by atoms with Crippen LogP contribution in [0.4, 0.5) is 0 Å². The molecule has 2 atom stereocenters. The Balaban J connectivity index is 1.33. The highest BCUT2D eigenvalue weighted by Crippen LogP contribution is 2.35. The second-order valence-electron chi connectivity index (χ2n) is 6.64. The van der Waals surface area contributed by atoms with Gasteiger partial charge in [-0.25, -0.2) is 0 Å². The predicted octanol–water partition coefficient (Wildman–Crippen LogP) is 2.54. The molecule has 1 heterocycles. The largest absolute Gasteiger partial charge is 0.310 e. The van der Waals surface area contributed by atoms with Crippen LogP contribution >= 0.6 is 0 Å². The van der Waals surface area contributed by atoms with E-state index in [2.05, 4.69) is 34.5 Å². The molecule has 2 fully saturated rings. The quantitative estimate of drug-likeness (QED) is 0.890. The Morgan fingerprint density at radius 1 is 1.11 bits per heavy atom. The van der Waals surface area contributed by atoms with E-state index in [0.717, 1.165) is 18.0 Å². The number of hydrogen-bond acceptors (Lipinski definition) is 2. The number of rotatable bonds is 4. The van der Waals surface area contributed by atoms with Crippen LogP contribution in [0.5, 0.6) is 0 Å².